The molecular formula is C24H26ClFN4O3. The molecule has 2 aromatic carbocycles. The highest BCUT2D eigenvalue weighted by atomic mass is 35.5. The van der Waals surface area contributed by atoms with E-state index in [4.69, 9.17) is 21.1 Å². The van der Waals surface area contributed by atoms with Crippen LogP contribution in [0.15, 0.2) is 36.4 Å². The lowest BCUT2D eigenvalue weighted by molar-refractivity contribution is 0.103. The number of nitrogens with zero attached hydrogens (tertiary/aromatic N) is 3. The minimum absolute atomic E-state index is 0.196. The zero-order valence-corrected chi connectivity index (χ0v) is 19.6. The smallest absolute Gasteiger partial charge is 0.322 e. The number of urea groups is 1. The topological polar surface area (TPSA) is 68.6 Å². The van der Waals surface area contributed by atoms with Crippen LogP contribution in [0.4, 0.5) is 14.9 Å². The van der Waals surface area contributed by atoms with Crippen LogP contribution >= 0.6 is 11.6 Å². The van der Waals surface area contributed by atoms with Gasteiger partial charge in [-0.05, 0) is 42.3 Å². The molecular weight excluding hydrogens is 447 g/mol. The third-order valence-electron chi connectivity index (χ3n) is 5.72. The summed E-state index contributed by atoms with van der Waals surface area (Å²) in [7, 11) is 3.47. The number of ether oxygens (including phenoxy) is 2. The van der Waals surface area contributed by atoms with Gasteiger partial charge in [0.05, 0.1) is 38.2 Å². The van der Waals surface area contributed by atoms with Gasteiger partial charge in [-0.15, -0.1) is 0 Å². The fraction of sp³-hybridized carbons (Fsp3) is 0.333. The van der Waals surface area contributed by atoms with Crippen LogP contribution in [-0.4, -0.2) is 34.4 Å². The number of aromatic nitrogens is 2. The number of amides is 2. The second kappa shape index (κ2) is 9.80. The molecule has 3 aromatic rings. The minimum Gasteiger partial charge on any atom is -0.495 e. The number of rotatable bonds is 6. The van der Waals surface area contributed by atoms with E-state index in [1.165, 1.54) is 12.1 Å². The van der Waals surface area contributed by atoms with Crippen molar-refractivity contribution in [1.82, 2.24) is 14.7 Å². The Kier molecular flexibility index (Phi) is 6.85. The first kappa shape index (κ1) is 23.1. The number of fused-ring (bicyclic) bond motifs is 1. The van der Waals surface area contributed by atoms with Gasteiger partial charge in [0, 0.05) is 36.3 Å². The van der Waals surface area contributed by atoms with Gasteiger partial charge in [0.25, 0.3) is 0 Å². The van der Waals surface area contributed by atoms with Crippen LogP contribution in [0.3, 0.4) is 0 Å². The number of carbonyl (C=O) groups is 1. The van der Waals surface area contributed by atoms with Crippen LogP contribution in [0.1, 0.15) is 28.1 Å². The van der Waals surface area contributed by atoms with E-state index < -0.39 is 0 Å². The summed E-state index contributed by atoms with van der Waals surface area (Å²) in [6, 6.07) is 9.69. The van der Waals surface area contributed by atoms with Gasteiger partial charge in [-0.2, -0.15) is 5.10 Å². The van der Waals surface area contributed by atoms with Gasteiger partial charge in [-0.1, -0.05) is 23.7 Å². The molecule has 0 unspecified atom stereocenters. The summed E-state index contributed by atoms with van der Waals surface area (Å²) in [5.41, 5.74) is 5.22. The van der Waals surface area contributed by atoms with E-state index in [1.807, 2.05) is 36.9 Å². The molecule has 1 aliphatic heterocycles. The number of carbonyl (C=O) groups excluding carboxylic acids is 1. The summed E-state index contributed by atoms with van der Waals surface area (Å²) in [5.74, 6) is 0.228. The Hall–Kier alpha value is -3.10. The summed E-state index contributed by atoms with van der Waals surface area (Å²) in [5, 5.41) is 7.89. The Morgan fingerprint density at radius 1 is 1.24 bits per heavy atom. The SMILES string of the molecule is COc1ccc(C)cc1NC(=O)N1CCc2c(c(COCc3ccc(F)cc3Cl)nn2C)C1. The van der Waals surface area contributed by atoms with E-state index in [1.54, 1.807) is 18.1 Å². The Morgan fingerprint density at radius 3 is 2.82 bits per heavy atom. The molecule has 1 N–H and O–H groups in total. The van der Waals surface area contributed by atoms with Crippen molar-refractivity contribution in [2.24, 2.45) is 7.05 Å². The molecule has 0 bridgehead atoms. The Bertz CT molecular complexity index is 1180. The Morgan fingerprint density at radius 2 is 2.06 bits per heavy atom. The standard InChI is InChI=1S/C24H26ClFN4O3/c1-15-4-7-23(32-3)20(10-15)27-24(31)30-9-8-22-18(12-30)21(28-29(22)2)14-33-13-16-5-6-17(26)11-19(16)25/h4-7,10-11H,8-9,12-14H2,1-3H3,(H,27,31). The first-order chi connectivity index (χ1) is 15.9. The Labute approximate surface area is 197 Å². The third-order valence-corrected chi connectivity index (χ3v) is 6.07. The maximum atomic E-state index is 13.2. The molecule has 0 saturated carbocycles. The number of halogens is 2. The van der Waals surface area contributed by atoms with Crippen molar-refractivity contribution in [2.45, 2.75) is 33.1 Å². The van der Waals surface area contributed by atoms with Crippen molar-refractivity contribution < 1.29 is 18.7 Å². The number of hydrogen-bond donors (Lipinski definition) is 1. The van der Waals surface area contributed by atoms with Crippen LogP contribution in [0.25, 0.3) is 0 Å². The van der Waals surface area contributed by atoms with Crippen molar-refractivity contribution in [2.75, 3.05) is 19.0 Å². The van der Waals surface area contributed by atoms with E-state index in [0.717, 1.165) is 22.5 Å². The van der Waals surface area contributed by atoms with E-state index in [-0.39, 0.29) is 25.1 Å². The number of aryl methyl sites for hydroxylation is 2. The van der Waals surface area contributed by atoms with Gasteiger partial charge in [0.1, 0.15) is 11.6 Å². The molecule has 2 amide bonds. The molecule has 4 rings (SSSR count). The van der Waals surface area contributed by atoms with Gasteiger partial charge in [0.2, 0.25) is 0 Å². The zero-order chi connectivity index (χ0) is 23.5. The van der Waals surface area contributed by atoms with Crippen molar-refractivity contribution in [1.29, 1.82) is 0 Å². The number of benzene rings is 2. The average molecular weight is 473 g/mol. The van der Waals surface area contributed by atoms with Gasteiger partial charge in [-0.3, -0.25) is 4.68 Å². The highest BCUT2D eigenvalue weighted by Crippen LogP contribution is 2.28. The highest BCUT2D eigenvalue weighted by Gasteiger charge is 2.27. The second-order valence-electron chi connectivity index (χ2n) is 8.03. The van der Waals surface area contributed by atoms with Crippen molar-refractivity contribution in [3.05, 3.63) is 75.3 Å². The largest absolute Gasteiger partial charge is 0.495 e. The molecule has 2 heterocycles. The fourth-order valence-corrected chi connectivity index (χ4v) is 4.19. The van der Waals surface area contributed by atoms with Crippen LogP contribution in [0.2, 0.25) is 5.02 Å². The van der Waals surface area contributed by atoms with Gasteiger partial charge >= 0.3 is 6.03 Å². The summed E-state index contributed by atoms with van der Waals surface area (Å²) < 4.78 is 26.3. The van der Waals surface area contributed by atoms with Crippen LogP contribution in [0, 0.1) is 12.7 Å². The van der Waals surface area contributed by atoms with Crippen LogP contribution < -0.4 is 10.1 Å². The molecule has 0 spiro atoms. The number of hydrogen-bond acceptors (Lipinski definition) is 4. The molecule has 9 heteroatoms. The van der Waals surface area contributed by atoms with Crippen molar-refractivity contribution in [3.63, 3.8) is 0 Å². The normalized spacial score (nSPS) is 13.1. The minimum atomic E-state index is -0.385. The summed E-state index contributed by atoms with van der Waals surface area (Å²) >= 11 is 6.08. The van der Waals surface area contributed by atoms with E-state index >= 15 is 0 Å². The molecule has 7 nitrogen and oxygen atoms in total. The summed E-state index contributed by atoms with van der Waals surface area (Å²) in [6.07, 6.45) is 0.695. The lowest BCUT2D eigenvalue weighted by Crippen LogP contribution is -2.39. The van der Waals surface area contributed by atoms with Crippen LogP contribution in [-0.2, 0) is 38.0 Å². The van der Waals surface area contributed by atoms with Crippen LogP contribution in [0.5, 0.6) is 5.75 Å². The molecule has 0 saturated heterocycles. The van der Waals surface area contributed by atoms with Gasteiger partial charge in [0.15, 0.2) is 0 Å². The first-order valence-corrected chi connectivity index (χ1v) is 11.0. The predicted octanol–water partition coefficient (Wildman–Crippen LogP) is 4.84. The molecule has 0 fully saturated rings. The molecule has 33 heavy (non-hydrogen) atoms. The summed E-state index contributed by atoms with van der Waals surface area (Å²) in [4.78, 5) is 14.8. The quantitative estimate of drug-likeness (QED) is 0.557. The first-order valence-electron chi connectivity index (χ1n) is 10.6. The van der Waals surface area contributed by atoms with E-state index in [9.17, 15) is 9.18 Å². The monoisotopic (exact) mass is 472 g/mol. The maximum Gasteiger partial charge on any atom is 0.322 e. The highest BCUT2D eigenvalue weighted by molar-refractivity contribution is 6.31. The van der Waals surface area contributed by atoms with E-state index in [2.05, 4.69) is 10.4 Å². The van der Waals surface area contributed by atoms with E-state index in [0.29, 0.717) is 41.5 Å². The number of nitrogens with one attached hydrogen (secondary N) is 1. The number of methoxy groups -OCH3 is 1. The lowest BCUT2D eigenvalue weighted by Gasteiger charge is -2.28. The fourth-order valence-electron chi connectivity index (χ4n) is 3.97. The average Bonchev–Trinajstić information content (AvgIpc) is 3.10. The Balaban J connectivity index is 1.44. The molecule has 1 aliphatic rings. The predicted molar refractivity (Wildman–Crippen MR) is 124 cm³/mol. The molecule has 0 radical (unpaired) electrons. The molecule has 174 valence electrons. The zero-order valence-electron chi connectivity index (χ0n) is 18.8. The van der Waals surface area contributed by atoms with Gasteiger partial charge < -0.3 is 19.7 Å². The second-order valence-corrected chi connectivity index (χ2v) is 8.44. The molecule has 0 atom stereocenters. The van der Waals surface area contributed by atoms with Crippen molar-refractivity contribution in [3.8, 4) is 5.75 Å². The van der Waals surface area contributed by atoms with Crippen molar-refractivity contribution >= 4 is 23.3 Å². The third kappa shape index (κ3) is 5.12. The summed E-state index contributed by atoms with van der Waals surface area (Å²) in [6.45, 7) is 3.47. The number of anilines is 1. The molecule has 0 aliphatic carbocycles. The van der Waals surface area contributed by atoms with Gasteiger partial charge in [-0.25, -0.2) is 9.18 Å². The molecule has 1 aromatic heterocycles. The maximum absolute atomic E-state index is 13.2. The lowest BCUT2D eigenvalue weighted by atomic mass is 10.1.